The third-order valence-corrected chi connectivity index (χ3v) is 3.56. The molecule has 19 heavy (non-hydrogen) atoms. The number of para-hydroxylation sites is 2. The molecule has 3 heteroatoms. The number of ether oxygens (including phenoxy) is 1. The molecule has 2 aromatic carbocycles. The molecule has 0 radical (unpaired) electrons. The highest BCUT2D eigenvalue weighted by Gasteiger charge is 2.19. The van der Waals surface area contributed by atoms with Gasteiger partial charge in [0.1, 0.15) is 11.5 Å². The van der Waals surface area contributed by atoms with Gasteiger partial charge in [-0.2, -0.15) is 0 Å². The number of benzene rings is 2. The van der Waals surface area contributed by atoms with Crippen LogP contribution in [0.2, 0.25) is 0 Å². The van der Waals surface area contributed by atoms with Gasteiger partial charge in [-0.25, -0.2) is 0 Å². The highest BCUT2D eigenvalue weighted by Crippen LogP contribution is 2.38. The van der Waals surface area contributed by atoms with Gasteiger partial charge in [0.25, 0.3) is 0 Å². The fourth-order valence-corrected chi connectivity index (χ4v) is 2.55. The normalized spacial score (nSPS) is 13.2. The van der Waals surface area contributed by atoms with E-state index < -0.39 is 0 Å². The molecule has 0 amide bonds. The van der Waals surface area contributed by atoms with Crippen LogP contribution < -0.4 is 4.74 Å². The van der Waals surface area contributed by atoms with Crippen molar-refractivity contribution >= 4 is 0 Å². The van der Waals surface area contributed by atoms with Crippen molar-refractivity contribution < 1.29 is 14.9 Å². The monoisotopic (exact) mass is 256 g/mol. The highest BCUT2D eigenvalue weighted by atomic mass is 16.5. The Morgan fingerprint density at radius 1 is 0.789 bits per heavy atom. The molecule has 0 fully saturated rings. The summed E-state index contributed by atoms with van der Waals surface area (Å²) >= 11 is 0. The van der Waals surface area contributed by atoms with Gasteiger partial charge < -0.3 is 14.9 Å². The van der Waals surface area contributed by atoms with Crippen LogP contribution in [-0.4, -0.2) is 10.2 Å². The Balaban J connectivity index is 2.14. The van der Waals surface area contributed by atoms with Crippen LogP contribution in [0.15, 0.2) is 36.4 Å². The number of hydrogen-bond donors (Lipinski definition) is 2. The third-order valence-electron chi connectivity index (χ3n) is 3.56. The zero-order valence-electron chi connectivity index (χ0n) is 10.6. The van der Waals surface area contributed by atoms with E-state index in [4.69, 9.17) is 4.74 Å². The molecule has 1 heterocycles. The maximum atomic E-state index is 9.43. The van der Waals surface area contributed by atoms with Gasteiger partial charge in [-0.15, -0.1) is 0 Å². The smallest absolute Gasteiger partial charge is 0.136 e. The summed E-state index contributed by atoms with van der Waals surface area (Å²) in [5, 5.41) is 18.9. The second kappa shape index (κ2) is 5.03. The van der Waals surface area contributed by atoms with Crippen molar-refractivity contribution in [3.05, 3.63) is 58.7 Å². The fraction of sp³-hybridized carbons (Fsp3) is 0.250. The van der Waals surface area contributed by atoms with E-state index in [1.54, 1.807) is 0 Å². The lowest BCUT2D eigenvalue weighted by atomic mass is 10.0. The van der Waals surface area contributed by atoms with Crippen LogP contribution in [0.5, 0.6) is 11.5 Å². The Kier molecular flexibility index (Phi) is 3.23. The molecule has 0 saturated carbocycles. The molecule has 2 N–H and O–H groups in total. The molecule has 0 aromatic heterocycles. The average molecular weight is 256 g/mol. The van der Waals surface area contributed by atoms with E-state index in [0.29, 0.717) is 0 Å². The molecule has 0 unspecified atom stereocenters. The van der Waals surface area contributed by atoms with Crippen LogP contribution in [0.3, 0.4) is 0 Å². The molecule has 0 atom stereocenters. The fourth-order valence-electron chi connectivity index (χ4n) is 2.55. The number of aliphatic hydroxyl groups excluding tert-OH is 2. The largest absolute Gasteiger partial charge is 0.456 e. The van der Waals surface area contributed by atoms with Gasteiger partial charge in [-0.3, -0.25) is 0 Å². The van der Waals surface area contributed by atoms with Gasteiger partial charge in [0, 0.05) is 11.1 Å². The zero-order valence-corrected chi connectivity index (χ0v) is 10.6. The number of aliphatic hydroxyl groups is 2. The number of aryl methyl sites for hydroxylation is 2. The second-order valence-electron chi connectivity index (χ2n) is 4.73. The summed E-state index contributed by atoms with van der Waals surface area (Å²) in [6.07, 6.45) is 1.76. The van der Waals surface area contributed by atoms with Crippen LogP contribution in [0.1, 0.15) is 22.3 Å². The average Bonchev–Trinajstić information content (AvgIpc) is 2.65. The van der Waals surface area contributed by atoms with Crippen molar-refractivity contribution in [3.63, 3.8) is 0 Å². The molecule has 98 valence electrons. The van der Waals surface area contributed by atoms with Crippen molar-refractivity contribution in [2.75, 3.05) is 0 Å². The molecular formula is C16H16O3. The zero-order chi connectivity index (χ0) is 13.2. The van der Waals surface area contributed by atoms with Crippen LogP contribution in [0, 0.1) is 0 Å². The van der Waals surface area contributed by atoms with Crippen molar-refractivity contribution in [1.82, 2.24) is 0 Å². The second-order valence-corrected chi connectivity index (χ2v) is 4.73. The van der Waals surface area contributed by atoms with Crippen LogP contribution in [0.25, 0.3) is 0 Å². The molecule has 0 aliphatic carbocycles. The Morgan fingerprint density at radius 3 is 1.68 bits per heavy atom. The van der Waals surface area contributed by atoms with Gasteiger partial charge in [-0.05, 0) is 24.0 Å². The summed E-state index contributed by atoms with van der Waals surface area (Å²) in [4.78, 5) is 0. The third kappa shape index (κ3) is 2.11. The summed E-state index contributed by atoms with van der Waals surface area (Å²) in [5.41, 5.74) is 3.79. The first kappa shape index (κ1) is 12.2. The first-order valence-electron chi connectivity index (χ1n) is 6.44. The van der Waals surface area contributed by atoms with Crippen LogP contribution in [0.4, 0.5) is 0 Å². The lowest BCUT2D eigenvalue weighted by Crippen LogP contribution is -1.97. The SMILES string of the molecule is OCc1cccc2c1Oc1c(CO)cccc1CC2. The van der Waals surface area contributed by atoms with Crippen LogP contribution in [-0.2, 0) is 26.1 Å². The molecule has 3 rings (SSSR count). The van der Waals surface area contributed by atoms with Crippen molar-refractivity contribution in [1.29, 1.82) is 0 Å². The molecule has 1 aliphatic heterocycles. The Hall–Kier alpha value is -1.84. The summed E-state index contributed by atoms with van der Waals surface area (Å²) < 4.78 is 6.03. The molecule has 2 aromatic rings. The number of fused-ring (bicyclic) bond motifs is 2. The summed E-state index contributed by atoms with van der Waals surface area (Å²) in [6.45, 7) is -0.0837. The molecule has 1 aliphatic rings. The maximum Gasteiger partial charge on any atom is 0.136 e. The van der Waals surface area contributed by atoms with Gasteiger partial charge in [0.15, 0.2) is 0 Å². The first-order valence-corrected chi connectivity index (χ1v) is 6.44. The summed E-state index contributed by atoms with van der Waals surface area (Å²) in [7, 11) is 0. The minimum absolute atomic E-state index is 0.0419. The van der Waals surface area contributed by atoms with E-state index in [-0.39, 0.29) is 13.2 Å². The van der Waals surface area contributed by atoms with E-state index in [1.165, 1.54) is 0 Å². The minimum Gasteiger partial charge on any atom is -0.456 e. The Bertz CT molecular complexity index is 551. The van der Waals surface area contributed by atoms with E-state index in [2.05, 4.69) is 0 Å². The van der Waals surface area contributed by atoms with Gasteiger partial charge in [0.05, 0.1) is 13.2 Å². The minimum atomic E-state index is -0.0419. The highest BCUT2D eigenvalue weighted by molar-refractivity contribution is 5.51. The predicted molar refractivity (Wildman–Crippen MR) is 72.2 cm³/mol. The maximum absolute atomic E-state index is 9.43. The molecule has 0 bridgehead atoms. The predicted octanol–water partition coefficient (Wildman–Crippen LogP) is 2.56. The molecule has 0 saturated heterocycles. The van der Waals surface area contributed by atoms with Gasteiger partial charge >= 0.3 is 0 Å². The first-order chi connectivity index (χ1) is 9.33. The number of rotatable bonds is 2. The Morgan fingerprint density at radius 2 is 1.26 bits per heavy atom. The summed E-state index contributed by atoms with van der Waals surface area (Å²) in [6, 6.07) is 11.7. The van der Waals surface area contributed by atoms with Crippen molar-refractivity contribution in [2.45, 2.75) is 26.1 Å². The van der Waals surface area contributed by atoms with E-state index >= 15 is 0 Å². The van der Waals surface area contributed by atoms with Crippen molar-refractivity contribution in [2.24, 2.45) is 0 Å². The van der Waals surface area contributed by atoms with Crippen molar-refractivity contribution in [3.8, 4) is 11.5 Å². The van der Waals surface area contributed by atoms with Crippen LogP contribution >= 0.6 is 0 Å². The number of hydrogen-bond acceptors (Lipinski definition) is 3. The van der Waals surface area contributed by atoms with Gasteiger partial charge in [-0.1, -0.05) is 36.4 Å². The van der Waals surface area contributed by atoms with E-state index in [1.807, 2.05) is 36.4 Å². The van der Waals surface area contributed by atoms with E-state index in [9.17, 15) is 10.2 Å². The molecule has 0 spiro atoms. The molecule has 3 nitrogen and oxygen atoms in total. The quantitative estimate of drug-likeness (QED) is 0.868. The topological polar surface area (TPSA) is 49.7 Å². The lowest BCUT2D eigenvalue weighted by Gasteiger charge is -2.14. The Labute approximate surface area is 112 Å². The van der Waals surface area contributed by atoms with E-state index in [0.717, 1.165) is 46.6 Å². The summed E-state index contributed by atoms with van der Waals surface area (Å²) in [5.74, 6) is 1.48. The standard InChI is InChI=1S/C16H16O3/c17-9-13-5-1-3-11-7-8-12-4-2-6-14(10-18)16(12)19-15(11)13/h1-6,17-18H,7-10H2. The lowest BCUT2D eigenvalue weighted by molar-refractivity contribution is 0.270. The molecular weight excluding hydrogens is 240 g/mol. The van der Waals surface area contributed by atoms with Gasteiger partial charge in [0.2, 0.25) is 0 Å².